The molecule has 0 spiro atoms. The Morgan fingerprint density at radius 1 is 1.22 bits per heavy atom. The van der Waals surface area contributed by atoms with Crippen molar-refractivity contribution in [2.24, 2.45) is 0 Å². The number of carbonyl (C=O) groups is 2. The number of nitrogens with one attached hydrogen (secondary N) is 1. The Kier molecular flexibility index (Phi) is 4.59. The predicted molar refractivity (Wildman–Crippen MR) is 92.6 cm³/mol. The molecule has 3 amide bonds. The highest BCUT2D eigenvalue weighted by Gasteiger charge is 2.43. The molecule has 2 fully saturated rings. The van der Waals surface area contributed by atoms with Gasteiger partial charge in [0.05, 0.1) is 24.8 Å². The van der Waals surface area contributed by atoms with Crippen LogP contribution >= 0.6 is 0 Å². The van der Waals surface area contributed by atoms with Gasteiger partial charge < -0.3 is 15.0 Å². The first-order valence-corrected chi connectivity index (χ1v) is 9.10. The fourth-order valence-corrected chi connectivity index (χ4v) is 3.71. The highest BCUT2D eigenvalue weighted by Crippen LogP contribution is 2.38. The van der Waals surface area contributed by atoms with E-state index in [4.69, 9.17) is 4.74 Å². The molecule has 1 saturated carbocycles. The van der Waals surface area contributed by atoms with Crippen molar-refractivity contribution in [2.75, 3.05) is 26.3 Å². The van der Waals surface area contributed by atoms with Gasteiger partial charge in [-0.3, -0.25) is 9.69 Å². The van der Waals surface area contributed by atoms with Gasteiger partial charge in [-0.05, 0) is 25.8 Å². The minimum Gasteiger partial charge on any atom is -0.378 e. The summed E-state index contributed by atoms with van der Waals surface area (Å²) in [6, 6.07) is 1.93. The maximum absolute atomic E-state index is 14.5. The zero-order chi connectivity index (χ0) is 19.1. The Hall–Kier alpha value is -2.48. The summed E-state index contributed by atoms with van der Waals surface area (Å²) in [6.45, 7) is 3.47. The monoisotopic (exact) mass is 377 g/mol. The average molecular weight is 377 g/mol. The van der Waals surface area contributed by atoms with Crippen molar-refractivity contribution in [3.8, 4) is 0 Å². The van der Waals surface area contributed by atoms with Crippen molar-refractivity contribution in [3.05, 3.63) is 46.7 Å². The molecular weight excluding hydrogens is 356 g/mol. The van der Waals surface area contributed by atoms with Gasteiger partial charge in [0.25, 0.3) is 5.91 Å². The summed E-state index contributed by atoms with van der Waals surface area (Å²) < 4.78 is 33.1. The quantitative estimate of drug-likeness (QED) is 0.880. The van der Waals surface area contributed by atoms with E-state index in [1.807, 2.05) is 0 Å². The zero-order valence-electron chi connectivity index (χ0n) is 15.0. The van der Waals surface area contributed by atoms with Crippen molar-refractivity contribution < 1.29 is 23.1 Å². The van der Waals surface area contributed by atoms with Crippen LogP contribution in [0.25, 0.3) is 0 Å². The third-order valence-corrected chi connectivity index (χ3v) is 5.24. The number of benzene rings is 1. The second kappa shape index (κ2) is 6.92. The molecule has 0 bridgehead atoms. The van der Waals surface area contributed by atoms with Gasteiger partial charge in [0.1, 0.15) is 11.6 Å². The van der Waals surface area contributed by atoms with Crippen LogP contribution in [-0.4, -0.2) is 54.1 Å². The maximum atomic E-state index is 14.5. The summed E-state index contributed by atoms with van der Waals surface area (Å²) in [5, 5.41) is 2.75. The summed E-state index contributed by atoms with van der Waals surface area (Å²) in [4.78, 5) is 29.1. The van der Waals surface area contributed by atoms with Crippen LogP contribution in [0.3, 0.4) is 0 Å². The molecular formula is C19H21F2N3O3. The smallest absolute Gasteiger partial charge is 0.322 e. The van der Waals surface area contributed by atoms with E-state index in [0.717, 1.165) is 25.0 Å². The van der Waals surface area contributed by atoms with Crippen LogP contribution in [-0.2, 0) is 9.53 Å². The minimum atomic E-state index is -0.955. The van der Waals surface area contributed by atoms with Crippen LogP contribution in [0.5, 0.6) is 0 Å². The number of morpholine rings is 1. The van der Waals surface area contributed by atoms with E-state index in [0.29, 0.717) is 37.6 Å². The van der Waals surface area contributed by atoms with E-state index in [2.05, 4.69) is 5.32 Å². The third kappa shape index (κ3) is 3.29. The largest absolute Gasteiger partial charge is 0.378 e. The lowest BCUT2D eigenvalue weighted by atomic mass is 9.93. The zero-order valence-corrected chi connectivity index (χ0v) is 15.0. The Morgan fingerprint density at radius 2 is 1.93 bits per heavy atom. The first-order valence-electron chi connectivity index (χ1n) is 9.10. The van der Waals surface area contributed by atoms with Gasteiger partial charge in [0, 0.05) is 36.5 Å². The van der Waals surface area contributed by atoms with Crippen LogP contribution in [0.1, 0.15) is 31.4 Å². The lowest BCUT2D eigenvalue weighted by Gasteiger charge is -2.38. The van der Waals surface area contributed by atoms with Gasteiger partial charge in [0.15, 0.2) is 0 Å². The van der Waals surface area contributed by atoms with Crippen molar-refractivity contribution in [3.63, 3.8) is 0 Å². The normalized spacial score (nSPS) is 23.5. The van der Waals surface area contributed by atoms with E-state index in [-0.39, 0.29) is 23.5 Å². The van der Waals surface area contributed by atoms with Gasteiger partial charge in [-0.2, -0.15) is 0 Å². The van der Waals surface area contributed by atoms with Gasteiger partial charge >= 0.3 is 6.03 Å². The highest BCUT2D eigenvalue weighted by molar-refractivity contribution is 5.98. The summed E-state index contributed by atoms with van der Waals surface area (Å²) in [7, 11) is 0. The molecule has 1 N–H and O–H groups in total. The molecule has 4 rings (SSSR count). The molecule has 27 heavy (non-hydrogen) atoms. The van der Waals surface area contributed by atoms with E-state index >= 15 is 0 Å². The van der Waals surface area contributed by atoms with Crippen molar-refractivity contribution in [1.82, 2.24) is 15.1 Å². The van der Waals surface area contributed by atoms with Gasteiger partial charge in [0.2, 0.25) is 0 Å². The predicted octanol–water partition coefficient (Wildman–Crippen LogP) is 2.33. The highest BCUT2D eigenvalue weighted by atomic mass is 19.1. The number of urea groups is 1. The number of allylic oxidation sites excluding steroid dienone is 1. The van der Waals surface area contributed by atoms with Crippen LogP contribution in [0, 0.1) is 11.6 Å². The number of nitrogens with zero attached hydrogens (tertiary/aromatic N) is 2. The fourth-order valence-electron chi connectivity index (χ4n) is 3.71. The topological polar surface area (TPSA) is 61.9 Å². The SMILES string of the molecule is CC1=C(C(=O)N2CCOCC2)[C@@H](c2ccc(F)cc2F)NC(=O)N1C1CC1. The molecule has 1 atom stereocenters. The van der Waals surface area contributed by atoms with E-state index in [9.17, 15) is 18.4 Å². The molecule has 3 aliphatic rings. The third-order valence-electron chi connectivity index (χ3n) is 5.24. The number of hydrogen-bond donors (Lipinski definition) is 1. The Bertz CT molecular complexity index is 816. The Balaban J connectivity index is 1.78. The van der Waals surface area contributed by atoms with Gasteiger partial charge in [-0.15, -0.1) is 0 Å². The van der Waals surface area contributed by atoms with Gasteiger partial charge in [-0.25, -0.2) is 13.6 Å². The number of ether oxygens (including phenoxy) is 1. The summed E-state index contributed by atoms with van der Waals surface area (Å²) >= 11 is 0. The lowest BCUT2D eigenvalue weighted by molar-refractivity contribution is -0.131. The number of halogens is 2. The molecule has 0 aromatic heterocycles. The lowest BCUT2D eigenvalue weighted by Crippen LogP contribution is -2.52. The molecule has 144 valence electrons. The van der Waals surface area contributed by atoms with E-state index < -0.39 is 17.7 Å². The average Bonchev–Trinajstić information content (AvgIpc) is 3.46. The van der Waals surface area contributed by atoms with Crippen LogP contribution in [0.15, 0.2) is 29.5 Å². The molecule has 1 aromatic carbocycles. The molecule has 2 aliphatic heterocycles. The van der Waals surface area contributed by atoms with Crippen molar-refractivity contribution >= 4 is 11.9 Å². The maximum Gasteiger partial charge on any atom is 0.322 e. The van der Waals surface area contributed by atoms with Crippen molar-refractivity contribution in [1.29, 1.82) is 0 Å². The molecule has 0 unspecified atom stereocenters. The summed E-state index contributed by atoms with van der Waals surface area (Å²) in [6.07, 6.45) is 1.75. The second-order valence-corrected chi connectivity index (χ2v) is 7.05. The number of rotatable bonds is 3. The Morgan fingerprint density at radius 3 is 2.56 bits per heavy atom. The number of hydrogen-bond acceptors (Lipinski definition) is 3. The summed E-state index contributed by atoms with van der Waals surface area (Å²) in [5.74, 6) is -1.75. The van der Waals surface area contributed by atoms with Crippen LogP contribution in [0.4, 0.5) is 13.6 Å². The molecule has 2 heterocycles. The molecule has 8 heteroatoms. The van der Waals surface area contributed by atoms with Crippen LogP contribution < -0.4 is 5.32 Å². The molecule has 0 radical (unpaired) electrons. The van der Waals surface area contributed by atoms with E-state index in [1.54, 1.807) is 16.7 Å². The van der Waals surface area contributed by atoms with Crippen LogP contribution in [0.2, 0.25) is 0 Å². The first kappa shape index (κ1) is 17.9. The molecule has 1 aromatic rings. The Labute approximate surface area is 155 Å². The minimum absolute atomic E-state index is 0.0662. The van der Waals surface area contributed by atoms with Gasteiger partial charge in [-0.1, -0.05) is 6.07 Å². The standard InChI is InChI=1S/C19H21F2N3O3/c1-11-16(18(25)23-6-8-27-9-7-23)17(14-5-2-12(20)10-15(14)21)22-19(26)24(11)13-3-4-13/h2,5,10,13,17H,3-4,6-9H2,1H3,(H,22,26)/t17-/m1/s1. The summed E-state index contributed by atoms with van der Waals surface area (Å²) in [5.41, 5.74) is 0.941. The molecule has 6 nitrogen and oxygen atoms in total. The number of carbonyl (C=O) groups excluding carboxylic acids is 2. The van der Waals surface area contributed by atoms with E-state index in [1.165, 1.54) is 6.07 Å². The second-order valence-electron chi connectivity index (χ2n) is 7.05. The molecule has 1 aliphatic carbocycles. The van der Waals surface area contributed by atoms with Crippen molar-refractivity contribution in [2.45, 2.75) is 31.8 Å². The fraction of sp³-hybridized carbons (Fsp3) is 0.474. The first-order chi connectivity index (χ1) is 13.0. The number of amides is 3. The molecule has 1 saturated heterocycles.